The Bertz CT molecular complexity index is 394. The van der Waals surface area contributed by atoms with E-state index >= 15 is 0 Å². The molecule has 20 heavy (non-hydrogen) atoms. The van der Waals surface area contributed by atoms with Crippen LogP contribution >= 0.6 is 35.3 Å². The third-order valence-electron chi connectivity index (χ3n) is 3.67. The third-order valence-corrected chi connectivity index (χ3v) is 4.41. The molecule has 1 aromatic heterocycles. The topological polar surface area (TPSA) is 39.7 Å². The lowest BCUT2D eigenvalue weighted by atomic mass is 10.2. The molecule has 0 bridgehead atoms. The van der Waals surface area contributed by atoms with Crippen molar-refractivity contribution in [1.82, 2.24) is 15.5 Å². The Kier molecular flexibility index (Phi) is 8.47. The minimum Gasteiger partial charge on any atom is -0.355 e. The second-order valence-corrected chi connectivity index (χ2v) is 5.64. The first-order chi connectivity index (χ1) is 9.33. The molecule has 1 aliphatic rings. The highest BCUT2D eigenvalue weighted by Crippen LogP contribution is 2.15. The van der Waals surface area contributed by atoms with Crippen LogP contribution in [0.25, 0.3) is 0 Å². The van der Waals surface area contributed by atoms with E-state index in [0.29, 0.717) is 6.04 Å². The number of nitrogens with one attached hydrogen (secondary N) is 2. The van der Waals surface area contributed by atoms with Crippen molar-refractivity contribution in [2.24, 2.45) is 4.99 Å². The van der Waals surface area contributed by atoms with Crippen LogP contribution in [0, 0.1) is 0 Å². The van der Waals surface area contributed by atoms with E-state index < -0.39 is 0 Å². The van der Waals surface area contributed by atoms with Crippen molar-refractivity contribution in [2.45, 2.75) is 32.4 Å². The van der Waals surface area contributed by atoms with Crippen molar-refractivity contribution in [1.29, 1.82) is 0 Å². The van der Waals surface area contributed by atoms with Crippen molar-refractivity contribution in [3.63, 3.8) is 0 Å². The summed E-state index contributed by atoms with van der Waals surface area (Å²) in [6.45, 7) is 6.45. The van der Waals surface area contributed by atoms with Gasteiger partial charge in [0.2, 0.25) is 0 Å². The highest BCUT2D eigenvalue weighted by atomic mass is 127. The normalized spacial score (nSPS) is 19.7. The van der Waals surface area contributed by atoms with Crippen LogP contribution in [-0.2, 0) is 6.54 Å². The number of thiophene rings is 1. The Labute approximate surface area is 143 Å². The molecular formula is C14H25IN4S. The fraction of sp³-hybridized carbons (Fsp3) is 0.643. The van der Waals surface area contributed by atoms with Gasteiger partial charge in [-0.1, -0.05) is 6.92 Å². The SMILES string of the molecule is CCN1CCCC1CNC(=NC)NCc1ccsc1.I. The summed E-state index contributed by atoms with van der Waals surface area (Å²) in [5.41, 5.74) is 1.31. The standard InChI is InChI=1S/C14H24N4S.HI/c1-3-18-7-4-5-13(18)10-17-14(15-2)16-9-12-6-8-19-11-12;/h6,8,11,13H,3-5,7,9-10H2,1-2H3,(H2,15,16,17);1H. The zero-order valence-corrected chi connectivity index (χ0v) is 15.4. The first-order valence-electron chi connectivity index (χ1n) is 7.03. The molecule has 2 heterocycles. The molecule has 0 radical (unpaired) electrons. The van der Waals surface area contributed by atoms with Gasteiger partial charge in [-0.2, -0.15) is 11.3 Å². The molecule has 0 spiro atoms. The van der Waals surface area contributed by atoms with Crippen LogP contribution in [0.3, 0.4) is 0 Å². The lowest BCUT2D eigenvalue weighted by Gasteiger charge is -2.23. The lowest BCUT2D eigenvalue weighted by Crippen LogP contribution is -2.44. The second-order valence-electron chi connectivity index (χ2n) is 4.86. The van der Waals surface area contributed by atoms with Gasteiger partial charge >= 0.3 is 0 Å². The van der Waals surface area contributed by atoms with Gasteiger partial charge in [0.15, 0.2) is 5.96 Å². The van der Waals surface area contributed by atoms with Crippen LogP contribution in [0.5, 0.6) is 0 Å². The van der Waals surface area contributed by atoms with E-state index in [1.807, 2.05) is 7.05 Å². The molecule has 0 amide bonds. The largest absolute Gasteiger partial charge is 0.355 e. The van der Waals surface area contributed by atoms with Gasteiger partial charge in [0, 0.05) is 26.2 Å². The maximum atomic E-state index is 4.28. The van der Waals surface area contributed by atoms with Crippen LogP contribution in [0.15, 0.2) is 21.8 Å². The summed E-state index contributed by atoms with van der Waals surface area (Å²) in [5, 5.41) is 11.1. The summed E-state index contributed by atoms with van der Waals surface area (Å²) in [7, 11) is 1.83. The Morgan fingerprint density at radius 2 is 2.35 bits per heavy atom. The van der Waals surface area contributed by atoms with Gasteiger partial charge < -0.3 is 10.6 Å². The predicted octanol–water partition coefficient (Wildman–Crippen LogP) is 2.52. The molecule has 0 aliphatic carbocycles. The molecule has 4 nitrogen and oxygen atoms in total. The maximum absolute atomic E-state index is 4.28. The van der Waals surface area contributed by atoms with Crippen molar-refractivity contribution in [3.8, 4) is 0 Å². The number of guanidine groups is 1. The first-order valence-corrected chi connectivity index (χ1v) is 7.97. The molecule has 1 atom stereocenters. The van der Waals surface area contributed by atoms with Crippen molar-refractivity contribution < 1.29 is 0 Å². The van der Waals surface area contributed by atoms with Crippen molar-refractivity contribution >= 4 is 41.3 Å². The van der Waals surface area contributed by atoms with Gasteiger partial charge in [0.25, 0.3) is 0 Å². The minimum atomic E-state index is 0. The molecule has 2 rings (SSSR count). The Morgan fingerprint density at radius 1 is 1.50 bits per heavy atom. The molecule has 1 aromatic rings. The highest BCUT2D eigenvalue weighted by Gasteiger charge is 2.22. The summed E-state index contributed by atoms with van der Waals surface area (Å²) in [6, 6.07) is 2.80. The van der Waals surface area contributed by atoms with Crippen LogP contribution < -0.4 is 10.6 Å². The monoisotopic (exact) mass is 408 g/mol. The smallest absolute Gasteiger partial charge is 0.191 e. The number of aliphatic imine (C=N–C) groups is 1. The van der Waals surface area contributed by atoms with Crippen molar-refractivity contribution in [2.75, 3.05) is 26.7 Å². The van der Waals surface area contributed by atoms with Gasteiger partial charge in [-0.25, -0.2) is 0 Å². The number of rotatable bonds is 5. The van der Waals surface area contributed by atoms with Crippen LogP contribution in [0.2, 0.25) is 0 Å². The fourth-order valence-electron chi connectivity index (χ4n) is 2.56. The summed E-state index contributed by atoms with van der Waals surface area (Å²) in [6.07, 6.45) is 2.61. The average molecular weight is 408 g/mol. The lowest BCUT2D eigenvalue weighted by molar-refractivity contribution is 0.267. The van der Waals surface area contributed by atoms with Crippen LogP contribution in [-0.4, -0.2) is 43.6 Å². The second kappa shape index (κ2) is 9.57. The van der Waals surface area contributed by atoms with E-state index in [2.05, 4.69) is 44.3 Å². The van der Waals surface area contributed by atoms with Gasteiger partial charge in [-0.15, -0.1) is 24.0 Å². The molecule has 1 aliphatic heterocycles. The van der Waals surface area contributed by atoms with Crippen LogP contribution in [0.4, 0.5) is 0 Å². The van der Waals surface area contributed by atoms with Gasteiger partial charge in [-0.3, -0.25) is 9.89 Å². The molecule has 1 saturated heterocycles. The Morgan fingerprint density at radius 3 is 3.00 bits per heavy atom. The number of hydrogen-bond donors (Lipinski definition) is 2. The summed E-state index contributed by atoms with van der Waals surface area (Å²) < 4.78 is 0. The Hall–Kier alpha value is -0.340. The van der Waals surface area contributed by atoms with E-state index in [0.717, 1.165) is 25.6 Å². The van der Waals surface area contributed by atoms with Gasteiger partial charge in [-0.05, 0) is 48.3 Å². The molecular weight excluding hydrogens is 383 g/mol. The molecule has 2 N–H and O–H groups in total. The van der Waals surface area contributed by atoms with E-state index in [-0.39, 0.29) is 24.0 Å². The molecule has 6 heteroatoms. The number of hydrogen-bond acceptors (Lipinski definition) is 3. The van der Waals surface area contributed by atoms with Crippen molar-refractivity contribution in [3.05, 3.63) is 22.4 Å². The molecule has 1 unspecified atom stereocenters. The molecule has 114 valence electrons. The minimum absolute atomic E-state index is 0. The summed E-state index contributed by atoms with van der Waals surface area (Å²) >= 11 is 1.73. The number of nitrogens with zero attached hydrogens (tertiary/aromatic N) is 2. The summed E-state index contributed by atoms with van der Waals surface area (Å²) in [4.78, 5) is 6.82. The summed E-state index contributed by atoms with van der Waals surface area (Å²) in [5.74, 6) is 0.897. The van der Waals surface area contributed by atoms with E-state index in [9.17, 15) is 0 Å². The van der Waals surface area contributed by atoms with E-state index in [1.165, 1.54) is 24.9 Å². The maximum Gasteiger partial charge on any atom is 0.191 e. The average Bonchev–Trinajstić information content (AvgIpc) is 3.09. The van der Waals surface area contributed by atoms with E-state index in [1.54, 1.807) is 11.3 Å². The first kappa shape index (κ1) is 17.7. The van der Waals surface area contributed by atoms with E-state index in [4.69, 9.17) is 0 Å². The zero-order valence-electron chi connectivity index (χ0n) is 12.3. The molecule has 0 aromatic carbocycles. The molecule has 0 saturated carbocycles. The van der Waals surface area contributed by atoms with Gasteiger partial charge in [0.1, 0.15) is 0 Å². The van der Waals surface area contributed by atoms with Crippen LogP contribution in [0.1, 0.15) is 25.3 Å². The quantitative estimate of drug-likeness (QED) is 0.447. The van der Waals surface area contributed by atoms with Gasteiger partial charge in [0.05, 0.1) is 0 Å². The zero-order chi connectivity index (χ0) is 13.5. The number of likely N-dealkylation sites (N-methyl/N-ethyl adjacent to an activating group) is 1. The number of halogens is 1. The highest BCUT2D eigenvalue weighted by molar-refractivity contribution is 14.0. The third kappa shape index (κ3) is 5.21. The molecule has 1 fully saturated rings. The number of likely N-dealkylation sites (tertiary alicyclic amines) is 1. The predicted molar refractivity (Wildman–Crippen MR) is 98.2 cm³/mol. The fourth-order valence-corrected chi connectivity index (χ4v) is 3.23. The Balaban J connectivity index is 0.00000200.